The lowest BCUT2D eigenvalue weighted by Gasteiger charge is -2.35. The van der Waals surface area contributed by atoms with Gasteiger partial charge in [0, 0.05) is 25.0 Å². The van der Waals surface area contributed by atoms with Gasteiger partial charge < -0.3 is 10.8 Å². The molecule has 2 unspecified atom stereocenters. The highest BCUT2D eigenvalue weighted by Gasteiger charge is 2.36. The molecule has 1 aromatic rings. The highest BCUT2D eigenvalue weighted by Crippen LogP contribution is 2.28. The van der Waals surface area contributed by atoms with Crippen LogP contribution in [-0.4, -0.2) is 46.9 Å². The van der Waals surface area contributed by atoms with Gasteiger partial charge in [-0.25, -0.2) is 0 Å². The van der Waals surface area contributed by atoms with Crippen molar-refractivity contribution in [1.29, 1.82) is 0 Å². The molecule has 114 valence electrons. The van der Waals surface area contributed by atoms with Crippen molar-refractivity contribution in [1.82, 2.24) is 9.88 Å². The second-order valence-corrected chi connectivity index (χ2v) is 4.61. The van der Waals surface area contributed by atoms with Crippen molar-refractivity contribution in [2.24, 2.45) is 5.73 Å². The monoisotopic (exact) mass is 291 g/mol. The lowest BCUT2D eigenvalue weighted by Crippen LogP contribution is -2.46. The van der Waals surface area contributed by atoms with E-state index in [-0.39, 0.29) is 13.2 Å². The summed E-state index contributed by atoms with van der Waals surface area (Å²) >= 11 is 0. The first kappa shape index (κ1) is 16.9. The molecule has 3 N–H and O–H groups in total. The van der Waals surface area contributed by atoms with Crippen LogP contribution in [0.25, 0.3) is 0 Å². The lowest BCUT2D eigenvalue weighted by molar-refractivity contribution is -0.153. The summed E-state index contributed by atoms with van der Waals surface area (Å²) in [6.07, 6.45) is -0.748. The molecule has 0 saturated carbocycles. The second kappa shape index (κ2) is 7.56. The first-order chi connectivity index (χ1) is 9.39. The van der Waals surface area contributed by atoms with E-state index in [1.54, 1.807) is 18.3 Å². The average Bonchev–Trinajstić information content (AvgIpc) is 2.38. The molecule has 0 aromatic carbocycles. The molecule has 7 heteroatoms. The number of pyridine rings is 1. The first-order valence-electron chi connectivity index (χ1n) is 6.46. The number of rotatable bonds is 7. The Hall–Kier alpha value is -1.18. The van der Waals surface area contributed by atoms with Gasteiger partial charge in [-0.3, -0.25) is 9.88 Å². The Balaban J connectivity index is 3.05. The van der Waals surface area contributed by atoms with Gasteiger partial charge in [0.05, 0.1) is 19.2 Å². The molecule has 20 heavy (non-hydrogen) atoms. The maximum Gasteiger partial charge on any atom is 0.401 e. The third-order valence-corrected chi connectivity index (χ3v) is 3.07. The van der Waals surface area contributed by atoms with Crippen LogP contribution in [0.2, 0.25) is 0 Å². The third-order valence-electron chi connectivity index (χ3n) is 3.07. The fourth-order valence-electron chi connectivity index (χ4n) is 2.18. The van der Waals surface area contributed by atoms with Gasteiger partial charge in [0.15, 0.2) is 0 Å². The van der Waals surface area contributed by atoms with Gasteiger partial charge in [0.2, 0.25) is 0 Å². The quantitative estimate of drug-likeness (QED) is 0.803. The molecule has 0 saturated heterocycles. The number of hydrogen-bond acceptors (Lipinski definition) is 4. The van der Waals surface area contributed by atoms with Crippen molar-refractivity contribution in [2.75, 3.05) is 19.7 Å². The van der Waals surface area contributed by atoms with Crippen molar-refractivity contribution in [3.8, 4) is 0 Å². The molecule has 0 spiro atoms. The van der Waals surface area contributed by atoms with Crippen LogP contribution in [0.1, 0.15) is 24.9 Å². The van der Waals surface area contributed by atoms with Crippen LogP contribution < -0.4 is 5.73 Å². The minimum absolute atomic E-state index is 0.0905. The number of halogens is 3. The van der Waals surface area contributed by atoms with Gasteiger partial charge >= 0.3 is 6.18 Å². The van der Waals surface area contributed by atoms with Gasteiger partial charge in [-0.1, -0.05) is 13.0 Å². The highest BCUT2D eigenvalue weighted by atomic mass is 19.4. The van der Waals surface area contributed by atoms with Gasteiger partial charge in [0.25, 0.3) is 0 Å². The normalized spacial score (nSPS) is 15.3. The summed E-state index contributed by atoms with van der Waals surface area (Å²) in [5, 5.41) is 9.02. The average molecular weight is 291 g/mol. The minimum atomic E-state index is -4.34. The Morgan fingerprint density at radius 2 is 2.15 bits per heavy atom. The van der Waals surface area contributed by atoms with Crippen molar-refractivity contribution in [2.45, 2.75) is 31.6 Å². The Bertz CT molecular complexity index is 386. The van der Waals surface area contributed by atoms with E-state index >= 15 is 0 Å². The standard InChI is InChI=1S/C13H20F3N3O/c1-2-11(17)12(10-4-3-5-18-8-10)19(6-7-20)9-13(14,15)16/h3-5,8,11-12,20H,2,6-7,9,17H2,1H3. The van der Waals surface area contributed by atoms with E-state index < -0.39 is 24.8 Å². The van der Waals surface area contributed by atoms with Crippen LogP contribution in [0.4, 0.5) is 13.2 Å². The zero-order valence-electron chi connectivity index (χ0n) is 11.3. The van der Waals surface area contributed by atoms with Crippen LogP contribution in [-0.2, 0) is 0 Å². The Labute approximate surface area is 116 Å². The van der Waals surface area contributed by atoms with Crippen molar-refractivity contribution in [3.05, 3.63) is 30.1 Å². The molecule has 4 nitrogen and oxygen atoms in total. The summed E-state index contributed by atoms with van der Waals surface area (Å²) in [5.41, 5.74) is 6.61. The highest BCUT2D eigenvalue weighted by molar-refractivity contribution is 5.16. The van der Waals surface area contributed by atoms with Gasteiger partial charge in [-0.05, 0) is 18.1 Å². The predicted molar refractivity (Wildman–Crippen MR) is 70.0 cm³/mol. The lowest BCUT2D eigenvalue weighted by atomic mass is 9.97. The van der Waals surface area contributed by atoms with Crippen LogP contribution in [0.5, 0.6) is 0 Å². The summed E-state index contributed by atoms with van der Waals surface area (Å²) in [5.74, 6) is 0. The Morgan fingerprint density at radius 1 is 1.45 bits per heavy atom. The van der Waals surface area contributed by atoms with E-state index in [2.05, 4.69) is 4.98 Å². The van der Waals surface area contributed by atoms with E-state index in [9.17, 15) is 13.2 Å². The Morgan fingerprint density at radius 3 is 2.60 bits per heavy atom. The largest absolute Gasteiger partial charge is 0.401 e. The summed E-state index contributed by atoms with van der Waals surface area (Å²) in [6.45, 7) is 0.260. The van der Waals surface area contributed by atoms with E-state index in [1.165, 1.54) is 6.20 Å². The number of hydrogen-bond donors (Lipinski definition) is 2. The SMILES string of the molecule is CCC(N)C(c1cccnc1)N(CCO)CC(F)(F)F. The zero-order valence-corrected chi connectivity index (χ0v) is 11.3. The van der Waals surface area contributed by atoms with Crippen molar-refractivity contribution >= 4 is 0 Å². The molecule has 0 aliphatic carbocycles. The first-order valence-corrected chi connectivity index (χ1v) is 6.46. The van der Waals surface area contributed by atoms with E-state index in [4.69, 9.17) is 10.8 Å². The van der Waals surface area contributed by atoms with E-state index in [0.717, 1.165) is 4.90 Å². The molecule has 0 aliphatic rings. The van der Waals surface area contributed by atoms with Crippen LogP contribution >= 0.6 is 0 Å². The third kappa shape index (κ3) is 5.07. The number of nitrogens with zero attached hydrogens (tertiary/aromatic N) is 2. The topological polar surface area (TPSA) is 62.4 Å². The van der Waals surface area contributed by atoms with Crippen molar-refractivity contribution in [3.63, 3.8) is 0 Å². The summed E-state index contributed by atoms with van der Waals surface area (Å²) in [7, 11) is 0. The van der Waals surface area contributed by atoms with Crippen LogP contribution in [0, 0.1) is 0 Å². The van der Waals surface area contributed by atoms with Crippen LogP contribution in [0.3, 0.4) is 0 Å². The summed E-state index contributed by atoms with van der Waals surface area (Å²) in [4.78, 5) is 5.09. The van der Waals surface area contributed by atoms with Crippen LogP contribution in [0.15, 0.2) is 24.5 Å². The smallest absolute Gasteiger partial charge is 0.395 e. The van der Waals surface area contributed by atoms with Crippen molar-refractivity contribution < 1.29 is 18.3 Å². The molecular formula is C13H20F3N3O. The molecular weight excluding hydrogens is 271 g/mol. The molecule has 0 radical (unpaired) electrons. The van der Waals surface area contributed by atoms with Gasteiger partial charge in [0.1, 0.15) is 0 Å². The molecule has 1 aromatic heterocycles. The fraction of sp³-hybridized carbons (Fsp3) is 0.615. The number of aliphatic hydroxyl groups is 1. The molecule has 0 aliphatic heterocycles. The predicted octanol–water partition coefficient (Wildman–Crippen LogP) is 1.72. The molecule has 0 bridgehead atoms. The number of aromatic nitrogens is 1. The number of nitrogens with two attached hydrogens (primary N) is 1. The molecule has 1 rings (SSSR count). The molecule has 0 amide bonds. The summed E-state index contributed by atoms with van der Waals surface area (Å²) < 4.78 is 38.1. The van der Waals surface area contributed by atoms with Gasteiger partial charge in [-0.15, -0.1) is 0 Å². The second-order valence-electron chi connectivity index (χ2n) is 4.61. The molecule has 2 atom stereocenters. The minimum Gasteiger partial charge on any atom is -0.395 e. The molecule has 0 fully saturated rings. The fourth-order valence-corrected chi connectivity index (χ4v) is 2.18. The van der Waals surface area contributed by atoms with E-state index in [0.29, 0.717) is 12.0 Å². The number of aliphatic hydroxyl groups excluding tert-OH is 1. The van der Waals surface area contributed by atoms with E-state index in [1.807, 2.05) is 6.92 Å². The van der Waals surface area contributed by atoms with Gasteiger partial charge in [-0.2, -0.15) is 13.2 Å². The number of alkyl halides is 3. The zero-order chi connectivity index (χ0) is 15.2. The Kier molecular flexibility index (Phi) is 6.38. The summed E-state index contributed by atoms with van der Waals surface area (Å²) in [6, 6.07) is 2.28. The maximum atomic E-state index is 12.7. The molecule has 1 heterocycles. The maximum absolute atomic E-state index is 12.7.